The molecule has 5 heteroatoms. The third kappa shape index (κ3) is 8.01. The number of aryl methyl sites for hydroxylation is 1. The molecule has 2 rings (SSSR count). The van der Waals surface area contributed by atoms with Crippen LogP contribution < -0.4 is 15.4 Å². The van der Waals surface area contributed by atoms with Crippen LogP contribution in [0.2, 0.25) is 0 Å². The zero-order valence-corrected chi connectivity index (χ0v) is 17.6. The van der Waals surface area contributed by atoms with Gasteiger partial charge in [-0.15, -0.1) is 0 Å². The van der Waals surface area contributed by atoms with Crippen LogP contribution in [0.4, 0.5) is 0 Å². The van der Waals surface area contributed by atoms with Gasteiger partial charge in [-0.1, -0.05) is 48.5 Å². The number of para-hydroxylation sites is 1. The van der Waals surface area contributed by atoms with Crippen molar-refractivity contribution in [3.63, 3.8) is 0 Å². The lowest BCUT2D eigenvalue weighted by Crippen LogP contribution is -2.42. The molecule has 28 heavy (non-hydrogen) atoms. The summed E-state index contributed by atoms with van der Waals surface area (Å²) in [6.07, 6.45) is 2.10. The summed E-state index contributed by atoms with van der Waals surface area (Å²) in [6, 6.07) is 19.1. The van der Waals surface area contributed by atoms with Gasteiger partial charge in [0, 0.05) is 31.7 Å². The SMILES string of the molecule is CN=C(NCc1ccccc1OCCN(C)C)NC(C)CCc1ccccc1. The molecule has 0 amide bonds. The zero-order valence-electron chi connectivity index (χ0n) is 17.6. The van der Waals surface area contributed by atoms with Crippen molar-refractivity contribution in [3.8, 4) is 5.75 Å². The van der Waals surface area contributed by atoms with E-state index in [0.717, 1.165) is 36.7 Å². The summed E-state index contributed by atoms with van der Waals surface area (Å²) in [5, 5.41) is 6.88. The van der Waals surface area contributed by atoms with Gasteiger partial charge in [-0.2, -0.15) is 0 Å². The van der Waals surface area contributed by atoms with Crippen molar-refractivity contribution in [2.45, 2.75) is 32.4 Å². The van der Waals surface area contributed by atoms with Crippen molar-refractivity contribution in [2.24, 2.45) is 4.99 Å². The molecule has 1 atom stereocenters. The van der Waals surface area contributed by atoms with E-state index < -0.39 is 0 Å². The summed E-state index contributed by atoms with van der Waals surface area (Å²) in [6.45, 7) is 4.43. The number of hydrogen-bond donors (Lipinski definition) is 2. The quantitative estimate of drug-likeness (QED) is 0.489. The summed E-state index contributed by atoms with van der Waals surface area (Å²) in [7, 11) is 5.90. The van der Waals surface area contributed by atoms with Gasteiger partial charge in [0.2, 0.25) is 0 Å². The van der Waals surface area contributed by atoms with Crippen molar-refractivity contribution in [3.05, 3.63) is 65.7 Å². The van der Waals surface area contributed by atoms with Crippen LogP contribution in [-0.2, 0) is 13.0 Å². The Hall–Kier alpha value is -2.53. The fourth-order valence-corrected chi connectivity index (χ4v) is 2.84. The monoisotopic (exact) mass is 382 g/mol. The fourth-order valence-electron chi connectivity index (χ4n) is 2.84. The molecule has 2 aromatic carbocycles. The summed E-state index contributed by atoms with van der Waals surface area (Å²) in [5.41, 5.74) is 2.49. The molecule has 0 saturated heterocycles. The van der Waals surface area contributed by atoms with Crippen LogP contribution in [0.3, 0.4) is 0 Å². The van der Waals surface area contributed by atoms with E-state index in [9.17, 15) is 0 Å². The minimum absolute atomic E-state index is 0.331. The van der Waals surface area contributed by atoms with E-state index >= 15 is 0 Å². The highest BCUT2D eigenvalue weighted by Crippen LogP contribution is 2.17. The minimum Gasteiger partial charge on any atom is -0.492 e. The molecule has 0 heterocycles. The topological polar surface area (TPSA) is 48.9 Å². The van der Waals surface area contributed by atoms with Gasteiger partial charge < -0.3 is 20.3 Å². The van der Waals surface area contributed by atoms with Crippen LogP contribution in [0.1, 0.15) is 24.5 Å². The van der Waals surface area contributed by atoms with Crippen LogP contribution in [0, 0.1) is 0 Å². The first-order valence-electron chi connectivity index (χ1n) is 9.95. The highest BCUT2D eigenvalue weighted by Gasteiger charge is 2.08. The van der Waals surface area contributed by atoms with Crippen molar-refractivity contribution in [2.75, 3.05) is 34.3 Å². The average Bonchev–Trinajstić information content (AvgIpc) is 2.71. The van der Waals surface area contributed by atoms with E-state index in [2.05, 4.69) is 63.8 Å². The molecule has 1 unspecified atom stereocenters. The second-order valence-electron chi connectivity index (χ2n) is 7.25. The predicted octanol–water partition coefficient (Wildman–Crippen LogP) is 3.31. The molecule has 0 spiro atoms. The van der Waals surface area contributed by atoms with Crippen molar-refractivity contribution in [1.29, 1.82) is 0 Å². The van der Waals surface area contributed by atoms with Gasteiger partial charge >= 0.3 is 0 Å². The predicted molar refractivity (Wildman–Crippen MR) is 118 cm³/mol. The van der Waals surface area contributed by atoms with E-state index in [4.69, 9.17) is 4.74 Å². The Balaban J connectivity index is 1.81. The Kier molecular flexibility index (Phi) is 9.35. The van der Waals surface area contributed by atoms with Gasteiger partial charge in [-0.05, 0) is 45.5 Å². The Morgan fingerprint density at radius 2 is 1.79 bits per heavy atom. The average molecular weight is 383 g/mol. The Bertz CT molecular complexity index is 716. The third-order valence-electron chi connectivity index (χ3n) is 4.53. The van der Waals surface area contributed by atoms with Crippen LogP contribution in [-0.4, -0.2) is 51.2 Å². The number of nitrogens with one attached hydrogen (secondary N) is 2. The molecule has 0 aliphatic rings. The summed E-state index contributed by atoms with van der Waals surface area (Å²) in [4.78, 5) is 6.47. The van der Waals surface area contributed by atoms with Gasteiger partial charge in [0.1, 0.15) is 12.4 Å². The number of hydrogen-bond acceptors (Lipinski definition) is 3. The van der Waals surface area contributed by atoms with Gasteiger partial charge in [-0.25, -0.2) is 0 Å². The molecule has 0 saturated carbocycles. The molecule has 0 fully saturated rings. The Morgan fingerprint density at radius 3 is 2.50 bits per heavy atom. The second-order valence-corrected chi connectivity index (χ2v) is 7.25. The maximum Gasteiger partial charge on any atom is 0.191 e. The molecule has 0 aliphatic carbocycles. The normalized spacial score (nSPS) is 12.7. The molecule has 0 aliphatic heterocycles. The molecular weight excluding hydrogens is 348 g/mol. The lowest BCUT2D eigenvalue weighted by molar-refractivity contribution is 0.259. The van der Waals surface area contributed by atoms with E-state index in [-0.39, 0.29) is 0 Å². The second kappa shape index (κ2) is 12.0. The standard InChI is InChI=1S/C23H34N4O/c1-19(14-15-20-10-6-5-7-11-20)26-23(24-2)25-18-21-12-8-9-13-22(21)28-17-16-27(3)4/h5-13,19H,14-18H2,1-4H3,(H2,24,25,26). The van der Waals surface area contributed by atoms with Crippen molar-refractivity contribution in [1.82, 2.24) is 15.5 Å². The number of aliphatic imine (C=N–C) groups is 1. The molecule has 0 bridgehead atoms. The van der Waals surface area contributed by atoms with Crippen LogP contribution in [0.15, 0.2) is 59.6 Å². The number of rotatable bonds is 10. The minimum atomic E-state index is 0.331. The molecule has 152 valence electrons. The first-order chi connectivity index (χ1) is 13.6. The van der Waals surface area contributed by atoms with Gasteiger partial charge in [-0.3, -0.25) is 4.99 Å². The highest BCUT2D eigenvalue weighted by molar-refractivity contribution is 5.80. The van der Waals surface area contributed by atoms with E-state index in [1.807, 2.05) is 32.3 Å². The molecule has 2 aromatic rings. The number of benzene rings is 2. The van der Waals surface area contributed by atoms with Gasteiger partial charge in [0.15, 0.2) is 5.96 Å². The summed E-state index contributed by atoms with van der Waals surface area (Å²) < 4.78 is 5.94. The maximum absolute atomic E-state index is 5.94. The van der Waals surface area contributed by atoms with E-state index in [1.54, 1.807) is 7.05 Å². The lowest BCUT2D eigenvalue weighted by Gasteiger charge is -2.19. The lowest BCUT2D eigenvalue weighted by atomic mass is 10.1. The number of ether oxygens (including phenoxy) is 1. The smallest absolute Gasteiger partial charge is 0.191 e. The summed E-state index contributed by atoms with van der Waals surface area (Å²) in [5.74, 6) is 1.73. The highest BCUT2D eigenvalue weighted by atomic mass is 16.5. The van der Waals surface area contributed by atoms with Crippen LogP contribution >= 0.6 is 0 Å². The molecule has 5 nitrogen and oxygen atoms in total. The van der Waals surface area contributed by atoms with Gasteiger partial charge in [0.05, 0.1) is 0 Å². The Labute approximate surface area is 169 Å². The molecular formula is C23H34N4O. The first kappa shape index (κ1) is 21.8. The molecule has 2 N–H and O–H groups in total. The number of guanidine groups is 1. The van der Waals surface area contributed by atoms with E-state index in [0.29, 0.717) is 19.2 Å². The first-order valence-corrected chi connectivity index (χ1v) is 9.95. The van der Waals surface area contributed by atoms with Crippen molar-refractivity contribution >= 4 is 5.96 Å². The molecule has 0 aromatic heterocycles. The van der Waals surface area contributed by atoms with Gasteiger partial charge in [0.25, 0.3) is 0 Å². The Morgan fingerprint density at radius 1 is 1.07 bits per heavy atom. The maximum atomic E-state index is 5.94. The number of likely N-dealkylation sites (N-methyl/N-ethyl adjacent to an activating group) is 1. The summed E-state index contributed by atoms with van der Waals surface area (Å²) >= 11 is 0. The van der Waals surface area contributed by atoms with E-state index in [1.165, 1.54) is 5.56 Å². The van der Waals surface area contributed by atoms with Crippen molar-refractivity contribution < 1.29 is 4.74 Å². The zero-order chi connectivity index (χ0) is 20.2. The van der Waals surface area contributed by atoms with Crippen LogP contribution in [0.25, 0.3) is 0 Å². The van der Waals surface area contributed by atoms with Crippen LogP contribution in [0.5, 0.6) is 5.75 Å². The molecule has 0 radical (unpaired) electrons. The third-order valence-corrected chi connectivity index (χ3v) is 4.53. The fraction of sp³-hybridized carbons (Fsp3) is 0.435. The largest absolute Gasteiger partial charge is 0.492 e. The number of nitrogens with zero attached hydrogens (tertiary/aromatic N) is 2.